The van der Waals surface area contributed by atoms with E-state index in [0.29, 0.717) is 10.7 Å². The minimum atomic E-state index is -1.04. The Labute approximate surface area is 116 Å². The van der Waals surface area contributed by atoms with E-state index in [0.717, 1.165) is 43.6 Å². The Morgan fingerprint density at radius 2 is 2.05 bits per heavy atom. The molecule has 0 unspecified atom stereocenters. The number of amides is 1. The van der Waals surface area contributed by atoms with Crippen LogP contribution in [0.25, 0.3) is 0 Å². The van der Waals surface area contributed by atoms with E-state index in [1.165, 1.54) is 0 Å². The fourth-order valence-electron chi connectivity index (χ4n) is 2.74. The number of carboxylic acid groups (broad SMARTS) is 1. The molecule has 1 aliphatic carbocycles. The van der Waals surface area contributed by atoms with Crippen LogP contribution in [-0.4, -0.2) is 21.4 Å². The molecular weight excluding hydrogens is 264 g/mol. The van der Waals surface area contributed by atoms with Crippen LogP contribution in [0.15, 0.2) is 0 Å². The van der Waals surface area contributed by atoms with E-state index in [1.54, 1.807) is 6.92 Å². The molecule has 0 saturated heterocycles. The number of aromatic carboxylic acids is 1. The van der Waals surface area contributed by atoms with Gasteiger partial charge >= 0.3 is 5.97 Å². The van der Waals surface area contributed by atoms with Crippen LogP contribution < -0.4 is 5.32 Å². The second kappa shape index (κ2) is 5.28. The number of hydrogen-bond acceptors (Lipinski definition) is 4. The first-order valence-electron chi connectivity index (χ1n) is 6.51. The smallest absolute Gasteiger partial charge is 0.340 e. The number of carboxylic acids is 1. The number of carbonyl (C=O) groups excluding carboxylic acids is 1. The summed E-state index contributed by atoms with van der Waals surface area (Å²) >= 11 is 1.04. The monoisotopic (exact) mass is 282 g/mol. The van der Waals surface area contributed by atoms with Crippen LogP contribution in [0.5, 0.6) is 0 Å². The Hall–Kier alpha value is -1.43. The highest BCUT2D eigenvalue weighted by molar-refractivity contribution is 7.11. The Balaban J connectivity index is 2.22. The van der Waals surface area contributed by atoms with Gasteiger partial charge in [0.1, 0.15) is 10.6 Å². The van der Waals surface area contributed by atoms with Crippen molar-refractivity contribution in [2.24, 2.45) is 5.41 Å². The van der Waals surface area contributed by atoms with E-state index < -0.39 is 5.97 Å². The van der Waals surface area contributed by atoms with Gasteiger partial charge in [-0.25, -0.2) is 4.79 Å². The molecule has 0 radical (unpaired) electrons. The number of carbonyl (C=O) groups is 2. The number of aryl methyl sites for hydroxylation is 1. The largest absolute Gasteiger partial charge is 0.478 e. The van der Waals surface area contributed by atoms with Gasteiger partial charge in [-0.2, -0.15) is 4.37 Å². The lowest BCUT2D eigenvalue weighted by Crippen LogP contribution is -2.33. The standard InChI is InChI=1S/C13H18N2O3S/c1-3-13(6-4-5-7-13)12(18)14-10-9(11(16)17)8(2)15-19-10/h3-7H2,1-2H3,(H,14,18)(H,16,17). The van der Waals surface area contributed by atoms with Gasteiger partial charge in [0, 0.05) is 5.41 Å². The second-order valence-corrected chi connectivity index (χ2v) is 5.85. The summed E-state index contributed by atoms with van der Waals surface area (Å²) in [5.41, 5.74) is 0.237. The van der Waals surface area contributed by atoms with Crippen molar-refractivity contribution in [3.8, 4) is 0 Å². The highest BCUT2D eigenvalue weighted by Gasteiger charge is 2.40. The maximum Gasteiger partial charge on any atom is 0.340 e. The molecule has 0 aromatic carbocycles. The molecule has 2 rings (SSSR count). The number of anilines is 1. The lowest BCUT2D eigenvalue weighted by Gasteiger charge is -2.25. The lowest BCUT2D eigenvalue weighted by atomic mass is 9.82. The van der Waals surface area contributed by atoms with Crippen molar-refractivity contribution in [2.45, 2.75) is 46.0 Å². The molecular formula is C13H18N2O3S. The summed E-state index contributed by atoms with van der Waals surface area (Å²) in [6.45, 7) is 3.65. The van der Waals surface area contributed by atoms with Gasteiger partial charge in [-0.05, 0) is 37.7 Å². The van der Waals surface area contributed by atoms with E-state index in [1.807, 2.05) is 6.92 Å². The highest BCUT2D eigenvalue weighted by Crippen LogP contribution is 2.42. The average Bonchev–Trinajstić information content (AvgIpc) is 2.97. The molecule has 1 aromatic heterocycles. The zero-order chi connectivity index (χ0) is 14.0. The number of nitrogens with zero attached hydrogens (tertiary/aromatic N) is 1. The van der Waals surface area contributed by atoms with Gasteiger partial charge in [-0.1, -0.05) is 19.8 Å². The van der Waals surface area contributed by atoms with Crippen molar-refractivity contribution in [1.82, 2.24) is 4.37 Å². The van der Waals surface area contributed by atoms with E-state index in [9.17, 15) is 9.59 Å². The number of rotatable bonds is 4. The van der Waals surface area contributed by atoms with Gasteiger partial charge in [-0.3, -0.25) is 4.79 Å². The zero-order valence-corrected chi connectivity index (χ0v) is 12.0. The van der Waals surface area contributed by atoms with Crippen molar-refractivity contribution in [3.05, 3.63) is 11.3 Å². The van der Waals surface area contributed by atoms with Crippen molar-refractivity contribution in [1.29, 1.82) is 0 Å². The summed E-state index contributed by atoms with van der Waals surface area (Å²) < 4.78 is 4.01. The van der Waals surface area contributed by atoms with Gasteiger partial charge in [-0.15, -0.1) is 0 Å². The third-order valence-corrected chi connectivity index (χ3v) is 4.88. The van der Waals surface area contributed by atoms with Crippen molar-refractivity contribution >= 4 is 28.4 Å². The predicted octanol–water partition coefficient (Wildman–Crippen LogP) is 3.06. The highest BCUT2D eigenvalue weighted by atomic mass is 32.1. The average molecular weight is 282 g/mol. The van der Waals surface area contributed by atoms with E-state index in [-0.39, 0.29) is 16.9 Å². The van der Waals surface area contributed by atoms with Gasteiger partial charge < -0.3 is 10.4 Å². The molecule has 5 nitrogen and oxygen atoms in total. The van der Waals surface area contributed by atoms with Crippen LogP contribution >= 0.6 is 11.5 Å². The zero-order valence-electron chi connectivity index (χ0n) is 11.2. The molecule has 0 bridgehead atoms. The Morgan fingerprint density at radius 3 is 2.58 bits per heavy atom. The van der Waals surface area contributed by atoms with Crippen LogP contribution in [0.2, 0.25) is 0 Å². The summed E-state index contributed by atoms with van der Waals surface area (Å²) in [5, 5.41) is 12.3. The molecule has 0 aliphatic heterocycles. The molecule has 2 N–H and O–H groups in total. The fourth-order valence-corrected chi connectivity index (χ4v) is 3.52. The summed E-state index contributed by atoms with van der Waals surface area (Å²) in [6, 6.07) is 0. The van der Waals surface area contributed by atoms with E-state index in [2.05, 4.69) is 9.69 Å². The Morgan fingerprint density at radius 1 is 1.42 bits per heavy atom. The molecule has 1 aliphatic rings. The van der Waals surface area contributed by atoms with E-state index >= 15 is 0 Å². The third kappa shape index (κ3) is 2.49. The van der Waals surface area contributed by atoms with Crippen molar-refractivity contribution < 1.29 is 14.7 Å². The first kappa shape index (κ1) is 14.0. The quantitative estimate of drug-likeness (QED) is 0.889. The SMILES string of the molecule is CCC1(C(=O)Nc2snc(C)c2C(=O)O)CCCC1. The normalized spacial score (nSPS) is 17.4. The minimum absolute atomic E-state index is 0.0568. The summed E-state index contributed by atoms with van der Waals surface area (Å²) in [4.78, 5) is 23.6. The maximum absolute atomic E-state index is 12.4. The number of hydrogen-bond donors (Lipinski definition) is 2. The van der Waals surface area contributed by atoms with Gasteiger partial charge in [0.15, 0.2) is 0 Å². The second-order valence-electron chi connectivity index (χ2n) is 5.07. The first-order chi connectivity index (χ1) is 9.00. The molecule has 19 heavy (non-hydrogen) atoms. The lowest BCUT2D eigenvalue weighted by molar-refractivity contribution is -0.125. The van der Waals surface area contributed by atoms with Gasteiger partial charge in [0.05, 0.1) is 5.69 Å². The topological polar surface area (TPSA) is 79.3 Å². The third-order valence-electron chi connectivity index (χ3n) is 4.02. The summed E-state index contributed by atoms with van der Waals surface area (Å²) in [7, 11) is 0. The molecule has 1 aromatic rings. The van der Waals surface area contributed by atoms with Gasteiger partial charge in [0.25, 0.3) is 0 Å². The number of aromatic nitrogens is 1. The molecule has 1 saturated carbocycles. The summed E-state index contributed by atoms with van der Waals surface area (Å²) in [6.07, 6.45) is 4.69. The Bertz CT molecular complexity index is 504. The van der Waals surface area contributed by atoms with Gasteiger partial charge in [0.2, 0.25) is 5.91 Å². The molecule has 6 heteroatoms. The maximum atomic E-state index is 12.4. The minimum Gasteiger partial charge on any atom is -0.478 e. The Kier molecular flexibility index (Phi) is 3.89. The van der Waals surface area contributed by atoms with Crippen molar-refractivity contribution in [3.63, 3.8) is 0 Å². The predicted molar refractivity (Wildman–Crippen MR) is 73.6 cm³/mol. The van der Waals surface area contributed by atoms with Crippen LogP contribution in [0.4, 0.5) is 5.00 Å². The molecule has 1 fully saturated rings. The molecule has 104 valence electrons. The van der Waals surface area contributed by atoms with Crippen LogP contribution in [0, 0.1) is 12.3 Å². The number of nitrogens with one attached hydrogen (secondary N) is 1. The molecule has 1 amide bonds. The fraction of sp³-hybridized carbons (Fsp3) is 0.615. The first-order valence-corrected chi connectivity index (χ1v) is 7.28. The molecule has 1 heterocycles. The summed E-state index contributed by atoms with van der Waals surface area (Å²) in [5.74, 6) is -1.10. The molecule has 0 spiro atoms. The molecule has 0 atom stereocenters. The van der Waals surface area contributed by atoms with Crippen molar-refractivity contribution in [2.75, 3.05) is 5.32 Å². The van der Waals surface area contributed by atoms with Crippen LogP contribution in [0.1, 0.15) is 55.1 Å². The van der Waals surface area contributed by atoms with E-state index in [4.69, 9.17) is 5.11 Å². The van der Waals surface area contributed by atoms with Crippen LogP contribution in [0.3, 0.4) is 0 Å². The van der Waals surface area contributed by atoms with Crippen LogP contribution in [-0.2, 0) is 4.79 Å².